The highest BCUT2D eigenvalue weighted by molar-refractivity contribution is 5.85. The predicted molar refractivity (Wildman–Crippen MR) is 67.3 cm³/mol. The fraction of sp³-hybridized carbons (Fsp3) is 0.231. The molecule has 0 aromatic heterocycles. The molecule has 0 atom stereocenters. The van der Waals surface area contributed by atoms with Crippen LogP contribution in [0.2, 0.25) is 0 Å². The van der Waals surface area contributed by atoms with E-state index in [-0.39, 0.29) is 18.9 Å². The zero-order valence-electron chi connectivity index (χ0n) is 10.1. The van der Waals surface area contributed by atoms with E-state index in [2.05, 4.69) is 5.32 Å². The molecule has 96 valence electrons. The van der Waals surface area contributed by atoms with E-state index in [1.54, 1.807) is 31.3 Å². The third-order valence-electron chi connectivity index (χ3n) is 2.15. The molecule has 0 saturated heterocycles. The minimum absolute atomic E-state index is 0.0862. The quantitative estimate of drug-likeness (QED) is 0.745. The summed E-state index contributed by atoms with van der Waals surface area (Å²) in [5.41, 5.74) is 0.731. The van der Waals surface area contributed by atoms with E-state index in [9.17, 15) is 9.59 Å². The number of aliphatic carboxylic acids is 1. The van der Waals surface area contributed by atoms with Crippen molar-refractivity contribution < 1.29 is 19.4 Å². The van der Waals surface area contributed by atoms with E-state index in [0.717, 1.165) is 11.6 Å². The lowest BCUT2D eigenvalue weighted by atomic mass is 10.2. The molecule has 1 rings (SSSR count). The summed E-state index contributed by atoms with van der Waals surface area (Å²) < 4.78 is 5.38. The highest BCUT2D eigenvalue weighted by Gasteiger charge is 1.99. The van der Waals surface area contributed by atoms with Crippen LogP contribution in [0.15, 0.2) is 30.3 Å². The van der Waals surface area contributed by atoms with Crippen LogP contribution in [-0.4, -0.2) is 30.6 Å². The number of nitrogens with one attached hydrogen (secondary N) is 1. The summed E-state index contributed by atoms with van der Waals surface area (Å²) in [6.07, 6.45) is 2.82. The van der Waals surface area contributed by atoms with E-state index >= 15 is 0 Å². The molecule has 0 spiro atoms. The molecule has 5 heteroatoms. The van der Waals surface area contributed by atoms with Crippen LogP contribution in [0.25, 0.3) is 6.08 Å². The van der Waals surface area contributed by atoms with Crippen molar-refractivity contribution in [3.8, 4) is 5.75 Å². The maximum absolute atomic E-state index is 11.0. The molecule has 18 heavy (non-hydrogen) atoms. The number of rotatable bonds is 6. The largest absolute Gasteiger partial charge is 0.493 e. The first-order valence-corrected chi connectivity index (χ1v) is 5.46. The number of carbonyl (C=O) groups is 2. The third kappa shape index (κ3) is 5.16. The fourth-order valence-electron chi connectivity index (χ4n) is 1.26. The molecule has 0 aliphatic rings. The topological polar surface area (TPSA) is 75.6 Å². The number of carboxylic acid groups (broad SMARTS) is 1. The Morgan fingerprint density at radius 1 is 1.44 bits per heavy atom. The Kier molecular flexibility index (Phi) is 5.44. The number of hydrogen-bond donors (Lipinski definition) is 2. The van der Waals surface area contributed by atoms with Gasteiger partial charge < -0.3 is 15.2 Å². The van der Waals surface area contributed by atoms with Gasteiger partial charge in [0.1, 0.15) is 5.75 Å². The van der Waals surface area contributed by atoms with Crippen molar-refractivity contribution in [2.45, 2.75) is 6.42 Å². The molecule has 0 saturated carbocycles. The molecule has 0 bridgehead atoms. The number of carbonyl (C=O) groups excluding carboxylic acids is 1. The van der Waals surface area contributed by atoms with Gasteiger partial charge in [-0.05, 0) is 23.8 Å². The minimum Gasteiger partial charge on any atom is -0.493 e. The van der Waals surface area contributed by atoms with E-state index < -0.39 is 5.97 Å². The summed E-state index contributed by atoms with van der Waals surface area (Å²) in [7, 11) is 1.57. The monoisotopic (exact) mass is 249 g/mol. The number of benzene rings is 1. The van der Waals surface area contributed by atoms with Crippen molar-refractivity contribution in [3.05, 3.63) is 35.9 Å². The number of amides is 1. The maximum atomic E-state index is 11.0. The van der Waals surface area contributed by atoms with Gasteiger partial charge in [-0.25, -0.2) is 4.79 Å². The van der Waals surface area contributed by atoms with Gasteiger partial charge >= 0.3 is 5.97 Å². The first-order valence-electron chi connectivity index (χ1n) is 5.46. The van der Waals surface area contributed by atoms with Crippen molar-refractivity contribution in [1.82, 2.24) is 5.32 Å². The highest BCUT2D eigenvalue weighted by Crippen LogP contribution is 2.14. The van der Waals surface area contributed by atoms with Crippen LogP contribution in [0.5, 0.6) is 5.75 Å². The average Bonchev–Trinajstić information content (AvgIpc) is 2.36. The normalized spacial score (nSPS) is 10.3. The van der Waals surface area contributed by atoms with Gasteiger partial charge in [0, 0.05) is 13.1 Å². The Bertz CT molecular complexity index is 454. The third-order valence-corrected chi connectivity index (χ3v) is 2.15. The Labute approximate surface area is 105 Å². The van der Waals surface area contributed by atoms with Gasteiger partial charge in [-0.3, -0.25) is 4.79 Å². The van der Waals surface area contributed by atoms with Gasteiger partial charge in [-0.15, -0.1) is 0 Å². The summed E-state index contributed by atoms with van der Waals surface area (Å²) in [6, 6.07) is 6.99. The molecule has 0 unspecified atom stereocenters. The number of carboxylic acids is 1. The van der Waals surface area contributed by atoms with Gasteiger partial charge in [0.15, 0.2) is 0 Å². The molecule has 5 nitrogen and oxygen atoms in total. The summed E-state index contributed by atoms with van der Waals surface area (Å²) in [5.74, 6) is -0.482. The Balaban J connectivity index is 2.54. The molecule has 0 radical (unpaired) electrons. The summed E-state index contributed by atoms with van der Waals surface area (Å²) >= 11 is 0. The molecule has 1 aromatic rings. The van der Waals surface area contributed by atoms with E-state index in [1.807, 2.05) is 0 Å². The molecule has 1 aromatic carbocycles. The van der Waals surface area contributed by atoms with Crippen LogP contribution in [0, 0.1) is 0 Å². The van der Waals surface area contributed by atoms with E-state index in [4.69, 9.17) is 9.84 Å². The van der Waals surface area contributed by atoms with Crippen LogP contribution in [0.4, 0.5) is 0 Å². The van der Waals surface area contributed by atoms with Crippen LogP contribution < -0.4 is 10.1 Å². The fourth-order valence-corrected chi connectivity index (χ4v) is 1.26. The Morgan fingerprint density at radius 2 is 2.22 bits per heavy atom. The van der Waals surface area contributed by atoms with Gasteiger partial charge in [0.25, 0.3) is 0 Å². The SMILES string of the molecule is CNC(=O)CCOc1cccc(C=CC(=O)O)c1. The number of ether oxygens (including phenoxy) is 1. The standard InChI is InChI=1S/C13H15NO4/c1-14-12(15)7-8-18-11-4-2-3-10(9-11)5-6-13(16)17/h2-6,9H,7-8H2,1H3,(H,14,15)(H,16,17). The number of hydrogen-bond acceptors (Lipinski definition) is 3. The lowest BCUT2D eigenvalue weighted by molar-refractivity contribution is -0.131. The van der Waals surface area contributed by atoms with Crippen molar-refractivity contribution >= 4 is 18.0 Å². The second-order valence-electron chi connectivity index (χ2n) is 3.52. The molecule has 1 amide bonds. The van der Waals surface area contributed by atoms with Crippen molar-refractivity contribution in [3.63, 3.8) is 0 Å². The Hall–Kier alpha value is -2.30. The van der Waals surface area contributed by atoms with Gasteiger partial charge in [0.05, 0.1) is 13.0 Å². The molecular formula is C13H15NO4. The van der Waals surface area contributed by atoms with Crippen molar-refractivity contribution in [2.75, 3.05) is 13.7 Å². The van der Waals surface area contributed by atoms with Crippen LogP contribution in [-0.2, 0) is 9.59 Å². The zero-order valence-corrected chi connectivity index (χ0v) is 10.1. The average molecular weight is 249 g/mol. The molecule has 0 aliphatic carbocycles. The Morgan fingerprint density at radius 3 is 2.89 bits per heavy atom. The summed E-state index contributed by atoms with van der Waals surface area (Å²) in [5, 5.41) is 11.0. The second kappa shape index (κ2) is 7.11. The smallest absolute Gasteiger partial charge is 0.328 e. The van der Waals surface area contributed by atoms with Gasteiger partial charge in [0.2, 0.25) is 5.91 Å². The van der Waals surface area contributed by atoms with Crippen LogP contribution in [0.1, 0.15) is 12.0 Å². The highest BCUT2D eigenvalue weighted by atomic mass is 16.5. The maximum Gasteiger partial charge on any atom is 0.328 e. The minimum atomic E-state index is -0.999. The molecular weight excluding hydrogens is 234 g/mol. The molecule has 0 aliphatic heterocycles. The lowest BCUT2D eigenvalue weighted by Crippen LogP contribution is -2.20. The van der Waals surface area contributed by atoms with Gasteiger partial charge in [-0.1, -0.05) is 12.1 Å². The first kappa shape index (κ1) is 13.8. The molecule has 2 N–H and O–H groups in total. The first-order chi connectivity index (χ1) is 8.61. The van der Waals surface area contributed by atoms with E-state index in [1.165, 1.54) is 6.08 Å². The summed E-state index contributed by atoms with van der Waals surface area (Å²) in [6.45, 7) is 0.284. The zero-order chi connectivity index (χ0) is 13.4. The van der Waals surface area contributed by atoms with Crippen molar-refractivity contribution in [2.24, 2.45) is 0 Å². The van der Waals surface area contributed by atoms with Crippen LogP contribution >= 0.6 is 0 Å². The molecule has 0 fully saturated rings. The van der Waals surface area contributed by atoms with Gasteiger partial charge in [-0.2, -0.15) is 0 Å². The molecule has 0 heterocycles. The van der Waals surface area contributed by atoms with E-state index in [0.29, 0.717) is 5.75 Å². The second-order valence-corrected chi connectivity index (χ2v) is 3.52. The van der Waals surface area contributed by atoms with Crippen LogP contribution in [0.3, 0.4) is 0 Å². The van der Waals surface area contributed by atoms with Crippen molar-refractivity contribution in [1.29, 1.82) is 0 Å². The summed E-state index contributed by atoms with van der Waals surface area (Å²) in [4.78, 5) is 21.4. The lowest BCUT2D eigenvalue weighted by Gasteiger charge is -2.06. The predicted octanol–water partition coefficient (Wildman–Crippen LogP) is 1.30.